The van der Waals surface area contributed by atoms with Crippen LogP contribution in [0.4, 0.5) is 0 Å². The molecule has 0 bridgehead atoms. The smallest absolute Gasteiger partial charge is 0.300 e. The van der Waals surface area contributed by atoms with E-state index < -0.39 is 5.97 Å². The van der Waals surface area contributed by atoms with E-state index in [0.717, 1.165) is 30.3 Å². The molecule has 0 heterocycles. The van der Waals surface area contributed by atoms with E-state index in [9.17, 15) is 4.79 Å². The number of hydrogen-bond donors (Lipinski definition) is 1. The molecule has 4 aliphatic rings. The maximum atomic E-state index is 12.1. The minimum atomic E-state index is -0.833. The standard InChI is InChI=1S/C21H30O.C2H4O2/c1-14(22)17-9-10-18-16-8-7-15-6-4-5-12-20(15,2)19(16)11-13-21(17,18)3;1-2(3)4/h9-10,15-16,19H,4-8,11-13H2,1-3H3;1H3,(H,3,4)/t15?,16-,19-,20-,21+;/m0./s1. The number of carbonyl (C=O) groups is 2. The number of Topliss-reactive ketones (excluding diaryl/α,β-unsaturated/α-hetero) is 1. The summed E-state index contributed by atoms with van der Waals surface area (Å²) in [5.74, 6) is 2.02. The Labute approximate surface area is 157 Å². The predicted molar refractivity (Wildman–Crippen MR) is 104 cm³/mol. The van der Waals surface area contributed by atoms with Gasteiger partial charge in [-0.3, -0.25) is 9.59 Å². The van der Waals surface area contributed by atoms with Gasteiger partial charge in [-0.25, -0.2) is 0 Å². The molecule has 0 aliphatic heterocycles. The molecule has 3 fully saturated rings. The second-order valence-corrected chi connectivity index (χ2v) is 9.39. The zero-order valence-electron chi connectivity index (χ0n) is 16.8. The van der Waals surface area contributed by atoms with E-state index in [0.29, 0.717) is 5.41 Å². The molecule has 0 aromatic heterocycles. The van der Waals surface area contributed by atoms with Crippen molar-refractivity contribution >= 4 is 11.8 Å². The first-order chi connectivity index (χ1) is 12.2. The number of hydrogen-bond acceptors (Lipinski definition) is 2. The first-order valence-corrected chi connectivity index (χ1v) is 10.3. The third-order valence-electron chi connectivity index (χ3n) is 8.00. The summed E-state index contributed by atoms with van der Waals surface area (Å²) in [6.45, 7) is 7.77. The first kappa shape index (κ1) is 19.4. The van der Waals surface area contributed by atoms with Crippen molar-refractivity contribution in [2.24, 2.45) is 28.6 Å². The molecule has 144 valence electrons. The molecule has 3 nitrogen and oxygen atoms in total. The molecular formula is C23H34O3. The average Bonchev–Trinajstić information content (AvgIpc) is 2.91. The van der Waals surface area contributed by atoms with E-state index in [1.165, 1.54) is 51.4 Å². The predicted octanol–water partition coefficient (Wildman–Crippen LogP) is 5.56. The molecule has 4 rings (SSSR count). The zero-order valence-corrected chi connectivity index (χ0v) is 16.8. The van der Waals surface area contributed by atoms with Crippen molar-refractivity contribution < 1.29 is 14.7 Å². The van der Waals surface area contributed by atoms with Crippen molar-refractivity contribution in [2.75, 3.05) is 0 Å². The lowest BCUT2D eigenvalue weighted by molar-refractivity contribution is -0.134. The molecule has 26 heavy (non-hydrogen) atoms. The van der Waals surface area contributed by atoms with Gasteiger partial charge in [0, 0.05) is 17.9 Å². The van der Waals surface area contributed by atoms with Gasteiger partial charge in [0.1, 0.15) is 0 Å². The number of allylic oxidation sites excluding steroid dienone is 4. The average molecular weight is 359 g/mol. The molecule has 5 atom stereocenters. The topological polar surface area (TPSA) is 54.4 Å². The van der Waals surface area contributed by atoms with Gasteiger partial charge in [-0.2, -0.15) is 0 Å². The molecule has 3 heteroatoms. The van der Waals surface area contributed by atoms with Crippen molar-refractivity contribution in [1.82, 2.24) is 0 Å². The Morgan fingerprint density at radius 3 is 2.35 bits per heavy atom. The highest BCUT2D eigenvalue weighted by Gasteiger charge is 2.55. The summed E-state index contributed by atoms with van der Waals surface area (Å²) in [6.07, 6.45) is 15.6. The lowest BCUT2D eigenvalue weighted by atomic mass is 9.46. The molecule has 3 saturated carbocycles. The van der Waals surface area contributed by atoms with Crippen LogP contribution in [0, 0.1) is 28.6 Å². The number of carbonyl (C=O) groups excluding carboxylic acids is 1. The van der Waals surface area contributed by atoms with E-state index in [1.54, 1.807) is 12.5 Å². The van der Waals surface area contributed by atoms with Crippen LogP contribution in [-0.4, -0.2) is 16.9 Å². The van der Waals surface area contributed by atoms with Gasteiger partial charge in [0.15, 0.2) is 5.78 Å². The summed E-state index contributed by atoms with van der Waals surface area (Å²) in [5, 5.41) is 7.42. The minimum absolute atomic E-state index is 0.0604. The van der Waals surface area contributed by atoms with E-state index in [2.05, 4.69) is 26.0 Å². The van der Waals surface area contributed by atoms with Gasteiger partial charge in [-0.05, 0) is 68.6 Å². The molecule has 0 amide bonds. The van der Waals surface area contributed by atoms with Crippen molar-refractivity contribution in [3.63, 3.8) is 0 Å². The maximum absolute atomic E-state index is 12.1. The first-order valence-electron chi connectivity index (χ1n) is 10.3. The highest BCUT2D eigenvalue weighted by Crippen LogP contribution is 2.65. The highest BCUT2D eigenvalue weighted by atomic mass is 16.4. The van der Waals surface area contributed by atoms with E-state index in [-0.39, 0.29) is 11.2 Å². The number of ketones is 1. The SMILES string of the molecule is CC(=O)C1=CC=C2[C@@H]3CCC4CCCC[C@]4(C)[C@H]3CC[C@]12C.CC(=O)O. The highest BCUT2D eigenvalue weighted by molar-refractivity contribution is 5.96. The van der Waals surface area contributed by atoms with Crippen molar-refractivity contribution in [2.45, 2.75) is 79.1 Å². The third kappa shape index (κ3) is 3.08. The van der Waals surface area contributed by atoms with Crippen LogP contribution in [0.25, 0.3) is 0 Å². The molecule has 1 N–H and O–H groups in total. The van der Waals surface area contributed by atoms with E-state index in [4.69, 9.17) is 9.90 Å². The molecule has 0 saturated heterocycles. The molecule has 4 aliphatic carbocycles. The van der Waals surface area contributed by atoms with Gasteiger partial charge in [-0.1, -0.05) is 44.4 Å². The van der Waals surface area contributed by atoms with E-state index >= 15 is 0 Å². The Bertz CT molecular complexity index is 654. The number of aliphatic carboxylic acids is 1. The molecule has 0 aromatic carbocycles. The molecule has 0 spiro atoms. The van der Waals surface area contributed by atoms with Crippen molar-refractivity contribution in [3.05, 3.63) is 23.3 Å². The van der Waals surface area contributed by atoms with E-state index in [1.807, 2.05) is 0 Å². The quantitative estimate of drug-likeness (QED) is 0.668. The Morgan fingerprint density at radius 1 is 1.00 bits per heavy atom. The largest absolute Gasteiger partial charge is 0.481 e. The van der Waals surface area contributed by atoms with Crippen LogP contribution in [-0.2, 0) is 9.59 Å². The second-order valence-electron chi connectivity index (χ2n) is 9.39. The van der Waals surface area contributed by atoms with Crippen LogP contribution in [0.2, 0.25) is 0 Å². The second kappa shape index (κ2) is 6.98. The Morgan fingerprint density at radius 2 is 1.69 bits per heavy atom. The van der Waals surface area contributed by atoms with Gasteiger partial charge in [-0.15, -0.1) is 0 Å². The summed E-state index contributed by atoms with van der Waals surface area (Å²) in [7, 11) is 0. The monoisotopic (exact) mass is 358 g/mol. The zero-order chi connectivity index (χ0) is 19.1. The fourth-order valence-electron chi connectivity index (χ4n) is 6.80. The lowest BCUT2D eigenvalue weighted by Gasteiger charge is -2.58. The minimum Gasteiger partial charge on any atom is -0.481 e. The van der Waals surface area contributed by atoms with Crippen LogP contribution in [0.3, 0.4) is 0 Å². The Hall–Kier alpha value is -1.38. The normalized spacial score (nSPS) is 40.7. The summed E-state index contributed by atoms with van der Waals surface area (Å²) in [6, 6.07) is 0. The molecule has 0 radical (unpaired) electrons. The van der Waals surface area contributed by atoms with Crippen molar-refractivity contribution in [1.29, 1.82) is 0 Å². The molecule has 0 aromatic rings. The lowest BCUT2D eigenvalue weighted by Crippen LogP contribution is -2.50. The summed E-state index contributed by atoms with van der Waals surface area (Å²) >= 11 is 0. The van der Waals surface area contributed by atoms with Crippen LogP contribution in [0.1, 0.15) is 79.1 Å². The number of carboxylic acid groups (broad SMARTS) is 1. The van der Waals surface area contributed by atoms with Crippen LogP contribution in [0.5, 0.6) is 0 Å². The molecular weight excluding hydrogens is 324 g/mol. The summed E-state index contributed by atoms with van der Waals surface area (Å²) in [4.78, 5) is 21.1. The number of fused-ring (bicyclic) bond motifs is 5. The van der Waals surface area contributed by atoms with Crippen LogP contribution >= 0.6 is 0 Å². The Balaban J connectivity index is 0.000000447. The Kier molecular flexibility index (Phi) is 5.20. The molecule has 1 unspecified atom stereocenters. The van der Waals surface area contributed by atoms with Gasteiger partial charge < -0.3 is 5.11 Å². The summed E-state index contributed by atoms with van der Waals surface area (Å²) in [5.41, 5.74) is 3.32. The van der Waals surface area contributed by atoms with Gasteiger partial charge in [0.05, 0.1) is 0 Å². The van der Waals surface area contributed by atoms with Crippen LogP contribution in [0.15, 0.2) is 23.3 Å². The maximum Gasteiger partial charge on any atom is 0.300 e. The van der Waals surface area contributed by atoms with Gasteiger partial charge in [0.25, 0.3) is 5.97 Å². The fraction of sp³-hybridized carbons (Fsp3) is 0.739. The van der Waals surface area contributed by atoms with Crippen LogP contribution < -0.4 is 0 Å². The summed E-state index contributed by atoms with van der Waals surface area (Å²) < 4.78 is 0. The fourth-order valence-corrected chi connectivity index (χ4v) is 6.80. The van der Waals surface area contributed by atoms with Gasteiger partial charge in [0.2, 0.25) is 0 Å². The van der Waals surface area contributed by atoms with Gasteiger partial charge >= 0.3 is 0 Å². The number of rotatable bonds is 1. The third-order valence-corrected chi connectivity index (χ3v) is 8.00. The van der Waals surface area contributed by atoms with Crippen molar-refractivity contribution in [3.8, 4) is 0 Å². The number of carboxylic acids is 1.